The van der Waals surface area contributed by atoms with Crippen LogP contribution in [0.3, 0.4) is 0 Å². The summed E-state index contributed by atoms with van der Waals surface area (Å²) in [5.74, 6) is 0.161. The number of nitrogens with zero attached hydrogens (tertiary/aromatic N) is 2. The van der Waals surface area contributed by atoms with E-state index in [1.807, 2.05) is 59.7 Å². The third kappa shape index (κ3) is 5.69. The molecule has 3 amide bonds. The first-order chi connectivity index (χ1) is 18.9. The van der Waals surface area contributed by atoms with E-state index < -0.39 is 11.8 Å². The lowest BCUT2D eigenvalue weighted by Gasteiger charge is -2.44. The minimum Gasteiger partial charge on any atom is -0.497 e. The van der Waals surface area contributed by atoms with Crippen LogP contribution in [0.1, 0.15) is 46.6 Å². The molecule has 0 aliphatic carbocycles. The minimum atomic E-state index is -0.964. The second-order valence-corrected chi connectivity index (χ2v) is 11.0. The van der Waals surface area contributed by atoms with Gasteiger partial charge in [0.1, 0.15) is 17.5 Å². The first kappa shape index (κ1) is 26.9. The number of carbonyl (C=O) groups is 3. The Balaban J connectivity index is 1.36. The average molecular weight is 548 g/mol. The number of methoxy groups -OCH3 is 1. The van der Waals surface area contributed by atoms with Gasteiger partial charge < -0.3 is 19.7 Å². The summed E-state index contributed by atoms with van der Waals surface area (Å²) in [6.07, 6.45) is 1.23. The lowest BCUT2D eigenvalue weighted by atomic mass is 9.96. The Morgan fingerprint density at radius 3 is 2.41 bits per heavy atom. The second kappa shape index (κ2) is 11.6. The largest absolute Gasteiger partial charge is 0.497 e. The zero-order chi connectivity index (χ0) is 27.4. The molecule has 204 valence electrons. The lowest BCUT2D eigenvalue weighted by molar-refractivity contribution is -0.143. The third-order valence-corrected chi connectivity index (χ3v) is 8.46. The molecule has 39 heavy (non-hydrogen) atoms. The Bertz CT molecular complexity index is 1290. The maximum Gasteiger partial charge on any atom is 0.256 e. The summed E-state index contributed by atoms with van der Waals surface area (Å²) in [6.45, 7) is 2.92. The van der Waals surface area contributed by atoms with Crippen molar-refractivity contribution in [1.82, 2.24) is 15.1 Å². The van der Waals surface area contributed by atoms with Crippen LogP contribution in [-0.4, -0.2) is 66.1 Å². The minimum absolute atomic E-state index is 0.0595. The number of thiophene rings is 1. The van der Waals surface area contributed by atoms with Gasteiger partial charge in [-0.3, -0.25) is 19.3 Å². The van der Waals surface area contributed by atoms with E-state index in [9.17, 15) is 14.4 Å². The zero-order valence-electron chi connectivity index (χ0n) is 22.2. The number of amides is 3. The number of likely N-dealkylation sites (tertiary alicyclic amines) is 1. The fraction of sp³-hybridized carbons (Fsp3) is 0.367. The molecular formula is C30H33N3O5S. The van der Waals surface area contributed by atoms with E-state index in [0.717, 1.165) is 10.4 Å². The van der Waals surface area contributed by atoms with Gasteiger partial charge in [-0.05, 0) is 48.2 Å². The van der Waals surface area contributed by atoms with Crippen molar-refractivity contribution in [1.29, 1.82) is 0 Å². The van der Waals surface area contributed by atoms with E-state index in [1.54, 1.807) is 47.6 Å². The standard InChI is InChI=1S/C30H33N3O5S/c1-21(22-7-4-3-5-8-22)31-28(35)26-20-38-30(33(26)29(36)23-10-12-24(37-2)13-11-23)14-16-32(17-15-30)27(34)19-25-9-6-18-39-25/h3-13,18,21,26H,14-17,19-20H2,1-2H3,(H,31,35)/t21-,26-/m1/s1. The quantitative estimate of drug-likeness (QED) is 0.483. The highest BCUT2D eigenvalue weighted by molar-refractivity contribution is 7.10. The van der Waals surface area contributed by atoms with Crippen molar-refractivity contribution in [2.45, 2.75) is 44.0 Å². The van der Waals surface area contributed by atoms with Gasteiger partial charge in [0.25, 0.3) is 5.91 Å². The van der Waals surface area contributed by atoms with Crippen LogP contribution in [0.5, 0.6) is 5.75 Å². The number of benzene rings is 2. The van der Waals surface area contributed by atoms with Crippen molar-refractivity contribution in [2.75, 3.05) is 26.8 Å². The maximum absolute atomic E-state index is 14.0. The van der Waals surface area contributed by atoms with Crippen LogP contribution < -0.4 is 10.1 Å². The molecule has 2 aromatic carbocycles. The van der Waals surface area contributed by atoms with Crippen LogP contribution in [0.4, 0.5) is 0 Å². The summed E-state index contributed by atoms with van der Waals surface area (Å²) < 4.78 is 11.6. The molecule has 8 nitrogen and oxygen atoms in total. The highest BCUT2D eigenvalue weighted by Gasteiger charge is 2.54. The highest BCUT2D eigenvalue weighted by Crippen LogP contribution is 2.39. The van der Waals surface area contributed by atoms with Gasteiger partial charge in [0, 0.05) is 36.4 Å². The van der Waals surface area contributed by atoms with Gasteiger partial charge in [-0.2, -0.15) is 0 Å². The zero-order valence-corrected chi connectivity index (χ0v) is 23.0. The molecule has 9 heteroatoms. The molecule has 2 aliphatic heterocycles. The number of hydrogen-bond donors (Lipinski definition) is 1. The summed E-state index contributed by atoms with van der Waals surface area (Å²) in [5, 5.41) is 5.04. The van der Waals surface area contributed by atoms with Crippen LogP contribution in [0.2, 0.25) is 0 Å². The molecule has 0 saturated carbocycles. The monoisotopic (exact) mass is 547 g/mol. The third-order valence-electron chi connectivity index (χ3n) is 7.58. The molecule has 1 aromatic heterocycles. The Kier molecular flexibility index (Phi) is 7.99. The molecule has 2 fully saturated rings. The first-order valence-corrected chi connectivity index (χ1v) is 14.1. The molecule has 2 aliphatic rings. The smallest absolute Gasteiger partial charge is 0.256 e. The van der Waals surface area contributed by atoms with Crippen molar-refractivity contribution in [3.63, 3.8) is 0 Å². The molecule has 5 rings (SSSR count). The molecule has 0 radical (unpaired) electrons. The van der Waals surface area contributed by atoms with E-state index in [1.165, 1.54) is 0 Å². The molecular weight excluding hydrogens is 514 g/mol. The van der Waals surface area contributed by atoms with E-state index in [4.69, 9.17) is 9.47 Å². The highest BCUT2D eigenvalue weighted by atomic mass is 32.1. The summed E-state index contributed by atoms with van der Waals surface area (Å²) in [6, 6.07) is 19.5. The number of piperidine rings is 1. The molecule has 2 saturated heterocycles. The van der Waals surface area contributed by atoms with Crippen molar-refractivity contribution < 1.29 is 23.9 Å². The van der Waals surface area contributed by atoms with Crippen molar-refractivity contribution in [3.8, 4) is 5.75 Å². The molecule has 0 unspecified atom stereocenters. The number of hydrogen-bond acceptors (Lipinski definition) is 6. The molecule has 2 atom stereocenters. The number of nitrogens with one attached hydrogen (secondary N) is 1. The summed E-state index contributed by atoms with van der Waals surface area (Å²) in [4.78, 5) is 44.9. The van der Waals surface area contributed by atoms with E-state index in [2.05, 4.69) is 5.32 Å². The van der Waals surface area contributed by atoms with Crippen molar-refractivity contribution in [2.24, 2.45) is 0 Å². The Labute approximate surface area is 232 Å². The molecule has 1 N–H and O–H groups in total. The van der Waals surface area contributed by atoms with Crippen molar-refractivity contribution in [3.05, 3.63) is 88.1 Å². The van der Waals surface area contributed by atoms with Crippen LogP contribution >= 0.6 is 11.3 Å². The van der Waals surface area contributed by atoms with Crippen LogP contribution in [0.15, 0.2) is 72.1 Å². The topological polar surface area (TPSA) is 88.2 Å². The van der Waals surface area contributed by atoms with Crippen LogP contribution in [-0.2, 0) is 20.7 Å². The van der Waals surface area contributed by atoms with Crippen LogP contribution in [0, 0.1) is 0 Å². The maximum atomic E-state index is 14.0. The molecule has 3 aromatic rings. The summed E-state index contributed by atoms with van der Waals surface area (Å²) in [7, 11) is 1.57. The number of ether oxygens (including phenoxy) is 2. The Hall–Kier alpha value is -3.69. The molecule has 0 bridgehead atoms. The van der Waals surface area contributed by atoms with Gasteiger partial charge in [0.15, 0.2) is 0 Å². The fourth-order valence-corrected chi connectivity index (χ4v) is 6.05. The summed E-state index contributed by atoms with van der Waals surface area (Å²) >= 11 is 1.57. The molecule has 3 heterocycles. The summed E-state index contributed by atoms with van der Waals surface area (Å²) in [5.41, 5.74) is 0.463. The fourth-order valence-electron chi connectivity index (χ4n) is 5.35. The SMILES string of the molecule is COc1ccc(C(=O)N2[C@@H](C(=O)N[C@H](C)c3ccccc3)COC23CCN(C(=O)Cc2cccs2)CC3)cc1. The van der Waals surface area contributed by atoms with E-state index >= 15 is 0 Å². The predicted molar refractivity (Wildman–Crippen MR) is 148 cm³/mol. The Morgan fingerprint density at radius 2 is 1.77 bits per heavy atom. The van der Waals surface area contributed by atoms with Gasteiger partial charge in [-0.1, -0.05) is 36.4 Å². The van der Waals surface area contributed by atoms with Gasteiger partial charge in [0.05, 0.1) is 26.2 Å². The van der Waals surface area contributed by atoms with Gasteiger partial charge in [-0.25, -0.2) is 0 Å². The number of carbonyl (C=O) groups excluding carboxylic acids is 3. The normalized spacial score (nSPS) is 19.1. The first-order valence-electron chi connectivity index (χ1n) is 13.2. The van der Waals surface area contributed by atoms with Crippen LogP contribution in [0.25, 0.3) is 0 Å². The van der Waals surface area contributed by atoms with E-state index in [0.29, 0.717) is 43.7 Å². The van der Waals surface area contributed by atoms with Gasteiger partial charge >= 0.3 is 0 Å². The lowest BCUT2D eigenvalue weighted by Crippen LogP contribution is -2.60. The predicted octanol–water partition coefficient (Wildman–Crippen LogP) is 4.04. The Morgan fingerprint density at radius 1 is 1.05 bits per heavy atom. The van der Waals surface area contributed by atoms with Gasteiger partial charge in [-0.15, -0.1) is 11.3 Å². The molecule has 1 spiro atoms. The number of rotatable bonds is 7. The second-order valence-electron chi connectivity index (χ2n) is 9.95. The van der Waals surface area contributed by atoms with E-state index in [-0.39, 0.29) is 30.4 Å². The average Bonchev–Trinajstić information content (AvgIpc) is 3.61. The van der Waals surface area contributed by atoms with Crippen molar-refractivity contribution >= 4 is 29.1 Å². The van der Waals surface area contributed by atoms with Gasteiger partial charge in [0.2, 0.25) is 11.8 Å².